The number of hydrogen-bond acceptors (Lipinski definition) is 4. The van der Waals surface area contributed by atoms with E-state index in [1.54, 1.807) is 18.2 Å². The molecule has 0 amide bonds. The van der Waals surface area contributed by atoms with E-state index < -0.39 is 0 Å². The first kappa shape index (κ1) is 14.0. The van der Waals surface area contributed by atoms with Gasteiger partial charge < -0.3 is 14.9 Å². The summed E-state index contributed by atoms with van der Waals surface area (Å²) >= 11 is 0. The summed E-state index contributed by atoms with van der Waals surface area (Å²) in [5.74, 6) is 0.709. The van der Waals surface area contributed by atoms with Gasteiger partial charge in [0, 0.05) is 17.7 Å². The van der Waals surface area contributed by atoms with Crippen molar-refractivity contribution in [1.82, 2.24) is 4.57 Å². The van der Waals surface area contributed by atoms with Crippen molar-refractivity contribution >= 4 is 6.29 Å². The molecule has 0 fully saturated rings. The molecule has 20 heavy (non-hydrogen) atoms. The van der Waals surface area contributed by atoms with E-state index >= 15 is 0 Å². The average Bonchev–Trinajstić information content (AvgIpc) is 2.79. The van der Waals surface area contributed by atoms with Crippen molar-refractivity contribution in [2.24, 2.45) is 0 Å². The Bertz CT molecular complexity index is 584. The summed E-state index contributed by atoms with van der Waals surface area (Å²) in [5.41, 5.74) is 1.57. The molecule has 5 heteroatoms. The largest absolute Gasteiger partial charge is 0.494 e. The van der Waals surface area contributed by atoms with Crippen LogP contribution in [0.3, 0.4) is 0 Å². The lowest BCUT2D eigenvalue weighted by atomic mass is 10.1. The third-order valence-electron chi connectivity index (χ3n) is 3.11. The van der Waals surface area contributed by atoms with Gasteiger partial charge in [0.25, 0.3) is 0 Å². The molecule has 0 atom stereocenters. The molecule has 0 saturated heterocycles. The molecule has 2 rings (SSSR count). The van der Waals surface area contributed by atoms with E-state index in [4.69, 9.17) is 4.74 Å². The molecule has 5 nitrogen and oxygen atoms in total. The van der Waals surface area contributed by atoms with Crippen LogP contribution in [0.5, 0.6) is 17.5 Å². The summed E-state index contributed by atoms with van der Waals surface area (Å²) in [6.07, 6.45) is 1.57. The molecular weight excluding hydrogens is 258 g/mol. The molecule has 2 N–H and O–H groups in total. The molecule has 0 bridgehead atoms. The Labute approximate surface area is 117 Å². The fourth-order valence-corrected chi connectivity index (χ4v) is 2.01. The fourth-order valence-electron chi connectivity index (χ4n) is 2.01. The van der Waals surface area contributed by atoms with Gasteiger partial charge >= 0.3 is 0 Å². The van der Waals surface area contributed by atoms with Crippen molar-refractivity contribution in [2.45, 2.75) is 19.9 Å². The summed E-state index contributed by atoms with van der Waals surface area (Å²) in [7, 11) is 0. The van der Waals surface area contributed by atoms with Crippen molar-refractivity contribution in [3.63, 3.8) is 0 Å². The van der Waals surface area contributed by atoms with Crippen LogP contribution >= 0.6 is 0 Å². The van der Waals surface area contributed by atoms with E-state index in [-0.39, 0.29) is 11.8 Å². The van der Waals surface area contributed by atoms with Crippen molar-refractivity contribution in [2.75, 3.05) is 6.61 Å². The number of rotatable bonds is 6. The van der Waals surface area contributed by atoms with Gasteiger partial charge in [0.2, 0.25) is 0 Å². The van der Waals surface area contributed by atoms with Gasteiger partial charge in [-0.3, -0.25) is 9.36 Å². The quantitative estimate of drug-likeness (QED) is 0.794. The predicted molar refractivity (Wildman–Crippen MR) is 74.5 cm³/mol. The van der Waals surface area contributed by atoms with Gasteiger partial charge in [-0.15, -0.1) is 0 Å². The minimum atomic E-state index is -0.00174. The van der Waals surface area contributed by atoms with Crippen molar-refractivity contribution < 1.29 is 19.7 Å². The first-order valence-electron chi connectivity index (χ1n) is 6.44. The van der Waals surface area contributed by atoms with Crippen molar-refractivity contribution in [1.29, 1.82) is 0 Å². The topological polar surface area (TPSA) is 71.7 Å². The highest BCUT2D eigenvalue weighted by molar-refractivity contribution is 5.75. The van der Waals surface area contributed by atoms with E-state index in [1.807, 2.05) is 6.92 Å². The van der Waals surface area contributed by atoms with Crippen LogP contribution in [0, 0.1) is 0 Å². The molecule has 1 aromatic carbocycles. The summed E-state index contributed by atoms with van der Waals surface area (Å²) in [4.78, 5) is 10.7. The number of ether oxygens (including phenoxy) is 1. The number of aromatic hydroxyl groups is 2. The highest BCUT2D eigenvalue weighted by Gasteiger charge is 2.07. The van der Waals surface area contributed by atoms with E-state index in [2.05, 4.69) is 0 Å². The lowest BCUT2D eigenvalue weighted by Gasteiger charge is -2.12. The van der Waals surface area contributed by atoms with Gasteiger partial charge in [0.1, 0.15) is 18.6 Å². The highest BCUT2D eigenvalue weighted by Crippen LogP contribution is 2.22. The van der Waals surface area contributed by atoms with Crippen LogP contribution in [-0.4, -0.2) is 27.7 Å². The zero-order chi connectivity index (χ0) is 14.5. The molecule has 0 radical (unpaired) electrons. The minimum absolute atomic E-state index is 0.00174. The molecule has 0 unspecified atom stereocenters. The zero-order valence-electron chi connectivity index (χ0n) is 11.2. The number of nitrogens with zero attached hydrogens (tertiary/aromatic N) is 1. The van der Waals surface area contributed by atoms with E-state index in [1.165, 1.54) is 16.7 Å². The smallest absolute Gasteiger partial charge is 0.193 e. The Balaban J connectivity index is 2.02. The molecule has 1 aromatic heterocycles. The van der Waals surface area contributed by atoms with Gasteiger partial charge in [-0.25, -0.2) is 0 Å². The van der Waals surface area contributed by atoms with Crippen LogP contribution in [0.15, 0.2) is 30.3 Å². The summed E-state index contributed by atoms with van der Waals surface area (Å²) in [6.45, 7) is 2.63. The Morgan fingerprint density at radius 3 is 2.50 bits per heavy atom. The van der Waals surface area contributed by atoms with Crippen LogP contribution in [0.4, 0.5) is 0 Å². The van der Waals surface area contributed by atoms with Gasteiger partial charge in [-0.2, -0.15) is 0 Å². The number of carbonyl (C=O) groups is 1. The minimum Gasteiger partial charge on any atom is -0.494 e. The third-order valence-corrected chi connectivity index (χ3v) is 3.11. The fraction of sp³-hybridized carbons (Fsp3) is 0.267. The molecule has 0 spiro atoms. The number of aryl methyl sites for hydroxylation is 1. The molecule has 0 aliphatic carbocycles. The highest BCUT2D eigenvalue weighted by atomic mass is 16.5. The number of aromatic nitrogens is 1. The van der Waals surface area contributed by atoms with E-state index in [0.29, 0.717) is 24.5 Å². The normalized spacial score (nSPS) is 10.4. The summed E-state index contributed by atoms with van der Waals surface area (Å²) in [5, 5.41) is 19.0. The van der Waals surface area contributed by atoms with Crippen LogP contribution in [0.2, 0.25) is 0 Å². The lowest BCUT2D eigenvalue weighted by molar-refractivity contribution is 0.112. The number of aldehydes is 1. The maximum absolute atomic E-state index is 10.7. The zero-order valence-corrected chi connectivity index (χ0v) is 11.2. The standard InChI is InChI=1S/C15H17NO4/c1-2-12-9-11(10-17)3-4-13(12)20-8-7-16-14(18)5-6-15(16)19/h3-6,9-10,18-19H,2,7-8H2,1H3. The molecule has 0 saturated carbocycles. The second-order valence-electron chi connectivity index (χ2n) is 4.39. The third kappa shape index (κ3) is 2.93. The van der Waals surface area contributed by atoms with Crippen LogP contribution < -0.4 is 4.74 Å². The maximum Gasteiger partial charge on any atom is 0.193 e. The Morgan fingerprint density at radius 2 is 1.90 bits per heavy atom. The second kappa shape index (κ2) is 6.14. The first-order chi connectivity index (χ1) is 9.65. The van der Waals surface area contributed by atoms with E-state index in [9.17, 15) is 15.0 Å². The number of benzene rings is 1. The average molecular weight is 275 g/mol. The molecule has 2 aromatic rings. The number of carbonyl (C=O) groups excluding carboxylic acids is 1. The van der Waals surface area contributed by atoms with Gasteiger partial charge in [-0.05, 0) is 30.2 Å². The lowest BCUT2D eigenvalue weighted by Crippen LogP contribution is -2.08. The number of hydrogen-bond donors (Lipinski definition) is 2. The first-order valence-corrected chi connectivity index (χ1v) is 6.44. The molecule has 106 valence electrons. The van der Waals surface area contributed by atoms with Crippen LogP contribution in [0.1, 0.15) is 22.8 Å². The van der Waals surface area contributed by atoms with Gasteiger partial charge in [0.05, 0.1) is 6.54 Å². The van der Waals surface area contributed by atoms with Gasteiger partial charge in [0.15, 0.2) is 11.8 Å². The summed E-state index contributed by atoms with van der Waals surface area (Å²) < 4.78 is 7.00. The summed E-state index contributed by atoms with van der Waals surface area (Å²) in [6, 6.07) is 8.11. The van der Waals surface area contributed by atoms with Crippen LogP contribution in [-0.2, 0) is 13.0 Å². The monoisotopic (exact) mass is 275 g/mol. The van der Waals surface area contributed by atoms with Crippen LogP contribution in [0.25, 0.3) is 0 Å². The van der Waals surface area contributed by atoms with Gasteiger partial charge in [-0.1, -0.05) is 6.92 Å². The Hall–Kier alpha value is -2.43. The predicted octanol–water partition coefficient (Wildman–Crippen LogP) is 2.35. The molecule has 1 heterocycles. The second-order valence-corrected chi connectivity index (χ2v) is 4.39. The SMILES string of the molecule is CCc1cc(C=O)ccc1OCCn1c(O)ccc1O. The molecular formula is C15H17NO4. The Kier molecular flexibility index (Phi) is 4.30. The van der Waals surface area contributed by atoms with E-state index in [0.717, 1.165) is 18.3 Å². The van der Waals surface area contributed by atoms with Crippen molar-refractivity contribution in [3.8, 4) is 17.5 Å². The Morgan fingerprint density at radius 1 is 1.20 bits per heavy atom. The molecule has 0 aliphatic rings. The molecule has 0 aliphatic heterocycles. The maximum atomic E-state index is 10.7. The van der Waals surface area contributed by atoms with Crippen molar-refractivity contribution in [3.05, 3.63) is 41.5 Å².